The average molecular weight is 200 g/mol. The van der Waals surface area contributed by atoms with E-state index in [-0.39, 0.29) is 5.92 Å². The number of hydrogen-bond donors (Lipinski definition) is 0. The van der Waals surface area contributed by atoms with Gasteiger partial charge in [-0.15, -0.1) is 0 Å². The average Bonchev–Trinajstić information content (AvgIpc) is 2.62. The predicted molar refractivity (Wildman–Crippen MR) is 60.0 cm³/mol. The Morgan fingerprint density at radius 1 is 1.40 bits per heavy atom. The molecule has 0 saturated carbocycles. The van der Waals surface area contributed by atoms with Gasteiger partial charge >= 0.3 is 0 Å². The van der Waals surface area contributed by atoms with Crippen molar-refractivity contribution < 1.29 is 0 Å². The maximum Gasteiger partial charge on any atom is 0.0672 e. The van der Waals surface area contributed by atoms with E-state index in [1.54, 1.807) is 0 Å². The van der Waals surface area contributed by atoms with Gasteiger partial charge in [0.25, 0.3) is 0 Å². The van der Waals surface area contributed by atoms with Crippen LogP contribution in [-0.4, -0.2) is 17.5 Å². The van der Waals surface area contributed by atoms with Crippen LogP contribution in [0.5, 0.6) is 0 Å². The van der Waals surface area contributed by atoms with Crippen molar-refractivity contribution in [3.05, 3.63) is 35.9 Å². The lowest BCUT2D eigenvalue weighted by molar-refractivity contribution is 0.247. The van der Waals surface area contributed by atoms with Crippen LogP contribution in [0.1, 0.15) is 18.9 Å². The molecule has 2 unspecified atom stereocenters. The van der Waals surface area contributed by atoms with Crippen LogP contribution in [0.25, 0.3) is 0 Å². The zero-order valence-electron chi connectivity index (χ0n) is 9.06. The molecule has 0 aromatic heterocycles. The van der Waals surface area contributed by atoms with Crippen molar-refractivity contribution >= 4 is 0 Å². The molecule has 1 saturated heterocycles. The second-order valence-electron chi connectivity index (χ2n) is 4.22. The first-order valence-electron chi connectivity index (χ1n) is 5.49. The fraction of sp³-hybridized carbons (Fsp3) is 0.462. The van der Waals surface area contributed by atoms with Crippen molar-refractivity contribution in [3.63, 3.8) is 0 Å². The zero-order chi connectivity index (χ0) is 10.7. The minimum Gasteiger partial charge on any atom is -0.295 e. The topological polar surface area (TPSA) is 27.0 Å². The number of nitriles is 1. The SMILES string of the molecule is CC1C(C#N)CCN1Cc1ccccc1. The first-order valence-corrected chi connectivity index (χ1v) is 5.49. The van der Waals surface area contributed by atoms with E-state index in [0.29, 0.717) is 6.04 Å². The number of hydrogen-bond acceptors (Lipinski definition) is 2. The van der Waals surface area contributed by atoms with Crippen LogP contribution in [-0.2, 0) is 6.54 Å². The molecular weight excluding hydrogens is 184 g/mol. The molecule has 2 atom stereocenters. The Labute approximate surface area is 91.1 Å². The number of benzene rings is 1. The lowest BCUT2D eigenvalue weighted by Crippen LogP contribution is -2.29. The van der Waals surface area contributed by atoms with E-state index in [2.05, 4.69) is 42.2 Å². The van der Waals surface area contributed by atoms with E-state index < -0.39 is 0 Å². The van der Waals surface area contributed by atoms with Gasteiger partial charge in [0.1, 0.15) is 0 Å². The Morgan fingerprint density at radius 2 is 2.13 bits per heavy atom. The molecule has 78 valence electrons. The fourth-order valence-corrected chi connectivity index (χ4v) is 2.22. The Hall–Kier alpha value is -1.33. The van der Waals surface area contributed by atoms with Crippen molar-refractivity contribution in [1.29, 1.82) is 5.26 Å². The maximum atomic E-state index is 8.94. The maximum absolute atomic E-state index is 8.94. The number of nitrogens with zero attached hydrogens (tertiary/aromatic N) is 2. The third kappa shape index (κ3) is 2.19. The van der Waals surface area contributed by atoms with Crippen LogP contribution in [0.15, 0.2) is 30.3 Å². The number of likely N-dealkylation sites (tertiary alicyclic amines) is 1. The van der Waals surface area contributed by atoms with Gasteiger partial charge in [-0.3, -0.25) is 4.90 Å². The summed E-state index contributed by atoms with van der Waals surface area (Å²) in [6, 6.07) is 13.2. The van der Waals surface area contributed by atoms with E-state index in [0.717, 1.165) is 19.5 Å². The minimum atomic E-state index is 0.216. The Bertz CT molecular complexity index is 353. The summed E-state index contributed by atoms with van der Waals surface area (Å²) in [5.74, 6) is 0.216. The van der Waals surface area contributed by atoms with E-state index in [1.807, 2.05) is 6.07 Å². The summed E-state index contributed by atoms with van der Waals surface area (Å²) < 4.78 is 0. The van der Waals surface area contributed by atoms with Gasteiger partial charge in [0.05, 0.1) is 12.0 Å². The molecule has 2 heteroatoms. The normalized spacial score (nSPS) is 26.4. The zero-order valence-corrected chi connectivity index (χ0v) is 9.06. The highest BCUT2D eigenvalue weighted by molar-refractivity contribution is 5.15. The molecule has 0 bridgehead atoms. The largest absolute Gasteiger partial charge is 0.295 e. The lowest BCUT2D eigenvalue weighted by Gasteiger charge is -2.22. The Morgan fingerprint density at radius 3 is 2.73 bits per heavy atom. The lowest BCUT2D eigenvalue weighted by atomic mass is 10.0. The summed E-state index contributed by atoms with van der Waals surface area (Å²) >= 11 is 0. The molecule has 0 N–H and O–H groups in total. The summed E-state index contributed by atoms with van der Waals surface area (Å²) in [4.78, 5) is 2.39. The molecule has 2 rings (SSSR count). The molecule has 1 aromatic carbocycles. The van der Waals surface area contributed by atoms with Crippen LogP contribution in [0.3, 0.4) is 0 Å². The Balaban J connectivity index is 2.00. The van der Waals surface area contributed by atoms with Gasteiger partial charge in [-0.2, -0.15) is 5.26 Å². The van der Waals surface area contributed by atoms with Crippen molar-refractivity contribution in [1.82, 2.24) is 4.90 Å². The summed E-state index contributed by atoms with van der Waals surface area (Å²) in [6.45, 7) is 4.18. The molecule has 1 aliphatic heterocycles. The molecule has 2 nitrogen and oxygen atoms in total. The van der Waals surface area contributed by atoms with Gasteiger partial charge in [0.2, 0.25) is 0 Å². The second-order valence-corrected chi connectivity index (χ2v) is 4.22. The second kappa shape index (κ2) is 4.46. The summed E-state index contributed by atoms with van der Waals surface area (Å²) in [5, 5.41) is 8.94. The van der Waals surface area contributed by atoms with Gasteiger partial charge in [0, 0.05) is 19.1 Å². The third-order valence-corrected chi connectivity index (χ3v) is 3.28. The molecule has 0 amide bonds. The van der Waals surface area contributed by atoms with E-state index >= 15 is 0 Å². The highest BCUT2D eigenvalue weighted by Crippen LogP contribution is 2.24. The molecule has 1 fully saturated rings. The molecule has 0 radical (unpaired) electrons. The highest BCUT2D eigenvalue weighted by atomic mass is 15.2. The summed E-state index contributed by atoms with van der Waals surface area (Å²) in [6.07, 6.45) is 1.02. The van der Waals surface area contributed by atoms with Crippen molar-refractivity contribution in [2.45, 2.75) is 25.9 Å². The van der Waals surface area contributed by atoms with Crippen LogP contribution >= 0.6 is 0 Å². The number of rotatable bonds is 2. The predicted octanol–water partition coefficient (Wildman–Crippen LogP) is 2.42. The quantitative estimate of drug-likeness (QED) is 0.733. The van der Waals surface area contributed by atoms with Crippen LogP contribution < -0.4 is 0 Å². The van der Waals surface area contributed by atoms with Crippen LogP contribution in [0, 0.1) is 17.2 Å². The molecule has 0 aliphatic carbocycles. The molecule has 1 heterocycles. The van der Waals surface area contributed by atoms with Crippen molar-refractivity contribution in [3.8, 4) is 6.07 Å². The molecule has 0 spiro atoms. The highest BCUT2D eigenvalue weighted by Gasteiger charge is 2.30. The third-order valence-electron chi connectivity index (χ3n) is 3.28. The molecule has 1 aliphatic rings. The standard InChI is InChI=1S/C13H16N2/c1-11-13(9-14)7-8-15(11)10-12-5-3-2-4-6-12/h2-6,11,13H,7-8,10H2,1H3. The summed E-state index contributed by atoms with van der Waals surface area (Å²) in [5.41, 5.74) is 1.34. The monoisotopic (exact) mass is 200 g/mol. The van der Waals surface area contributed by atoms with Crippen molar-refractivity contribution in [2.24, 2.45) is 5.92 Å². The first kappa shape index (κ1) is 10.2. The van der Waals surface area contributed by atoms with E-state index in [1.165, 1.54) is 5.56 Å². The van der Waals surface area contributed by atoms with Gasteiger partial charge in [-0.1, -0.05) is 30.3 Å². The van der Waals surface area contributed by atoms with Crippen molar-refractivity contribution in [2.75, 3.05) is 6.54 Å². The van der Waals surface area contributed by atoms with Crippen LogP contribution in [0.4, 0.5) is 0 Å². The molecule has 1 aromatic rings. The van der Waals surface area contributed by atoms with Gasteiger partial charge in [-0.25, -0.2) is 0 Å². The van der Waals surface area contributed by atoms with E-state index in [9.17, 15) is 0 Å². The minimum absolute atomic E-state index is 0.216. The van der Waals surface area contributed by atoms with Gasteiger partial charge in [0.15, 0.2) is 0 Å². The first-order chi connectivity index (χ1) is 7.31. The summed E-state index contributed by atoms with van der Waals surface area (Å²) in [7, 11) is 0. The van der Waals surface area contributed by atoms with Gasteiger partial charge in [-0.05, 0) is 18.9 Å². The van der Waals surface area contributed by atoms with E-state index in [4.69, 9.17) is 5.26 Å². The smallest absolute Gasteiger partial charge is 0.0672 e. The van der Waals surface area contributed by atoms with Crippen LogP contribution in [0.2, 0.25) is 0 Å². The Kier molecular flexibility index (Phi) is 3.03. The molecular formula is C13H16N2. The molecule has 15 heavy (non-hydrogen) atoms. The fourth-order valence-electron chi connectivity index (χ4n) is 2.22. The van der Waals surface area contributed by atoms with Gasteiger partial charge < -0.3 is 0 Å².